The molecule has 2 fully saturated rings. The van der Waals surface area contributed by atoms with Crippen LogP contribution in [0.15, 0.2) is 56.9 Å². The Morgan fingerprint density at radius 1 is 1.30 bits per heavy atom. The first-order valence-electron chi connectivity index (χ1n) is 11.3. The van der Waals surface area contributed by atoms with Gasteiger partial charge < -0.3 is 19.4 Å². The van der Waals surface area contributed by atoms with E-state index in [1.165, 1.54) is 28.7 Å². The first-order chi connectivity index (χ1) is 17.9. The van der Waals surface area contributed by atoms with Gasteiger partial charge in [0.15, 0.2) is 0 Å². The summed E-state index contributed by atoms with van der Waals surface area (Å²) in [5.41, 5.74) is 0.0271. The van der Waals surface area contributed by atoms with Crippen LogP contribution in [0.4, 0.5) is 5.82 Å². The van der Waals surface area contributed by atoms with Crippen molar-refractivity contribution in [3.8, 4) is 0 Å². The number of esters is 1. The van der Waals surface area contributed by atoms with Crippen LogP contribution in [0.3, 0.4) is 0 Å². The average molecular weight is 540 g/mol. The number of anilines is 1. The van der Waals surface area contributed by atoms with Crippen molar-refractivity contribution in [2.24, 2.45) is 0 Å². The monoisotopic (exact) mass is 539 g/mol. The van der Waals surface area contributed by atoms with Gasteiger partial charge in [0.25, 0.3) is 11.5 Å². The molecule has 2 aliphatic rings. The smallest absolute Gasteiger partial charge is 0.308 e. The summed E-state index contributed by atoms with van der Waals surface area (Å²) in [6.07, 6.45) is 4.30. The number of piperazine rings is 1. The quantitative estimate of drug-likeness (QED) is 0.280. The first-order valence-corrected chi connectivity index (χ1v) is 12.5. The number of amides is 2. The minimum absolute atomic E-state index is 0.103. The van der Waals surface area contributed by atoms with E-state index in [1.807, 2.05) is 0 Å². The molecule has 0 spiro atoms. The highest BCUT2D eigenvalue weighted by Gasteiger charge is 2.37. The lowest BCUT2D eigenvalue weighted by atomic mass is 10.1. The van der Waals surface area contributed by atoms with E-state index in [2.05, 4.69) is 10.3 Å². The summed E-state index contributed by atoms with van der Waals surface area (Å²) in [6, 6.07) is 7.60. The Hall–Kier alpha value is -3.97. The Balaban J connectivity index is 1.61. The zero-order chi connectivity index (χ0) is 26.1. The molecule has 1 atom stereocenters. The van der Waals surface area contributed by atoms with Crippen LogP contribution in [-0.4, -0.2) is 62.6 Å². The predicted octanol–water partition coefficient (Wildman–Crippen LogP) is 1.56. The van der Waals surface area contributed by atoms with Crippen molar-refractivity contribution in [2.45, 2.75) is 19.0 Å². The number of nitrogens with one attached hydrogen (secondary N) is 1. The second-order valence-electron chi connectivity index (χ2n) is 8.21. The summed E-state index contributed by atoms with van der Waals surface area (Å²) in [5.74, 6) is -0.586. The van der Waals surface area contributed by atoms with E-state index in [9.17, 15) is 19.2 Å². The number of hydrogen-bond acceptors (Lipinski definition) is 10. The highest BCUT2D eigenvalue weighted by molar-refractivity contribution is 8.26. The van der Waals surface area contributed by atoms with Crippen LogP contribution < -0.4 is 15.8 Å². The lowest BCUT2D eigenvalue weighted by Gasteiger charge is -2.36. The van der Waals surface area contributed by atoms with Crippen LogP contribution in [0.1, 0.15) is 17.7 Å². The molecule has 2 amide bonds. The zero-order valence-corrected chi connectivity index (χ0v) is 21.2. The highest BCUT2D eigenvalue weighted by Crippen LogP contribution is 2.35. The number of hydrogen-bond donors (Lipinski definition) is 1. The van der Waals surface area contributed by atoms with E-state index in [0.717, 1.165) is 11.8 Å². The van der Waals surface area contributed by atoms with Gasteiger partial charge in [-0.05, 0) is 30.3 Å². The van der Waals surface area contributed by atoms with Gasteiger partial charge in [-0.1, -0.05) is 30.0 Å². The number of ether oxygens (including phenoxy) is 1. The second kappa shape index (κ2) is 10.2. The van der Waals surface area contributed by atoms with Gasteiger partial charge >= 0.3 is 5.97 Å². The molecule has 37 heavy (non-hydrogen) atoms. The van der Waals surface area contributed by atoms with Crippen LogP contribution in [-0.2, 0) is 25.7 Å². The molecule has 190 valence electrons. The fraction of sp³-hybridized carbons (Fsp3) is 0.250. The van der Waals surface area contributed by atoms with Crippen molar-refractivity contribution in [2.75, 3.05) is 25.1 Å². The standard InChI is InChI=1S/C24H21N5O6S2/c1-34-19(30)12-16-21(31)25-7-9-27(16)20-15(22(32)28-8-3-2-6-18(28)26-20)11-17-23(33)29(24(36)37-17)13-14-5-4-10-35-14/h2-6,8,10-11,16H,7,9,12-13H2,1H3,(H,25,31)/b17-11-/t16-/m1/s1. The molecule has 2 aliphatic heterocycles. The third-order valence-electron chi connectivity index (χ3n) is 5.98. The topological polar surface area (TPSA) is 126 Å². The molecule has 0 unspecified atom stereocenters. The van der Waals surface area contributed by atoms with Gasteiger partial charge in [0.2, 0.25) is 5.91 Å². The number of furan rings is 1. The van der Waals surface area contributed by atoms with Crippen LogP contribution in [0.5, 0.6) is 0 Å². The molecule has 11 nitrogen and oxygen atoms in total. The fourth-order valence-corrected chi connectivity index (χ4v) is 5.41. The lowest BCUT2D eigenvalue weighted by molar-refractivity contribution is -0.143. The van der Waals surface area contributed by atoms with Gasteiger partial charge in [0.1, 0.15) is 27.6 Å². The Kier molecular flexibility index (Phi) is 6.80. The second-order valence-corrected chi connectivity index (χ2v) is 9.89. The first kappa shape index (κ1) is 24.7. The largest absolute Gasteiger partial charge is 0.469 e. The van der Waals surface area contributed by atoms with Crippen LogP contribution in [0.2, 0.25) is 0 Å². The molecule has 3 aromatic rings. The van der Waals surface area contributed by atoms with Crippen molar-refractivity contribution < 1.29 is 23.5 Å². The van der Waals surface area contributed by atoms with Crippen LogP contribution in [0.25, 0.3) is 11.7 Å². The van der Waals surface area contributed by atoms with E-state index in [4.69, 9.17) is 21.4 Å². The number of thioether (sulfide) groups is 1. The maximum atomic E-state index is 13.6. The SMILES string of the molecule is COC(=O)C[C@@H]1C(=O)NCCN1c1nc2ccccn2c(=O)c1/C=C1\SC(=S)N(Cc2ccco2)C1=O. The molecule has 3 aromatic heterocycles. The van der Waals surface area contributed by atoms with E-state index in [-0.39, 0.29) is 47.6 Å². The number of nitrogens with zero attached hydrogens (tertiary/aromatic N) is 4. The van der Waals surface area contributed by atoms with E-state index in [0.29, 0.717) is 22.3 Å². The molecule has 0 saturated carbocycles. The molecule has 0 aliphatic carbocycles. The molecule has 0 aromatic carbocycles. The normalized spacial score (nSPS) is 19.1. The summed E-state index contributed by atoms with van der Waals surface area (Å²) < 4.78 is 11.8. The summed E-state index contributed by atoms with van der Waals surface area (Å²) in [6.45, 7) is 0.741. The zero-order valence-electron chi connectivity index (χ0n) is 19.6. The van der Waals surface area contributed by atoms with Crippen molar-refractivity contribution in [1.82, 2.24) is 19.6 Å². The third kappa shape index (κ3) is 4.74. The van der Waals surface area contributed by atoms with Gasteiger partial charge in [0, 0.05) is 19.3 Å². The van der Waals surface area contributed by atoms with Crippen molar-refractivity contribution in [3.63, 3.8) is 0 Å². The molecule has 5 rings (SSSR count). The maximum Gasteiger partial charge on any atom is 0.308 e. The van der Waals surface area contributed by atoms with Crippen molar-refractivity contribution >= 4 is 63.6 Å². The van der Waals surface area contributed by atoms with Crippen LogP contribution in [0, 0.1) is 0 Å². The molecule has 13 heteroatoms. The van der Waals surface area contributed by atoms with E-state index >= 15 is 0 Å². The number of rotatable bonds is 6. The average Bonchev–Trinajstić information content (AvgIpc) is 3.50. The highest BCUT2D eigenvalue weighted by atomic mass is 32.2. The third-order valence-corrected chi connectivity index (χ3v) is 7.36. The van der Waals surface area contributed by atoms with E-state index < -0.39 is 17.6 Å². The molecule has 2 saturated heterocycles. The lowest BCUT2D eigenvalue weighted by Crippen LogP contribution is -2.57. The molecular formula is C24H21N5O6S2. The number of methoxy groups -OCH3 is 1. The Morgan fingerprint density at radius 2 is 2.14 bits per heavy atom. The summed E-state index contributed by atoms with van der Waals surface area (Å²) in [7, 11) is 1.24. The van der Waals surface area contributed by atoms with Crippen molar-refractivity contribution in [1.29, 1.82) is 0 Å². The number of carbonyl (C=O) groups is 3. The molecular weight excluding hydrogens is 518 g/mol. The van der Waals surface area contributed by atoms with Crippen molar-refractivity contribution in [3.05, 3.63) is 69.4 Å². The minimum Gasteiger partial charge on any atom is -0.469 e. The van der Waals surface area contributed by atoms with Gasteiger partial charge in [-0.3, -0.25) is 28.5 Å². The summed E-state index contributed by atoms with van der Waals surface area (Å²) in [4.78, 5) is 59.6. The number of fused-ring (bicyclic) bond motifs is 1. The Bertz CT molecular complexity index is 1500. The minimum atomic E-state index is -0.945. The fourth-order valence-electron chi connectivity index (χ4n) is 4.17. The van der Waals surface area contributed by atoms with E-state index in [1.54, 1.807) is 41.4 Å². The van der Waals surface area contributed by atoms with Crippen LogP contribution >= 0.6 is 24.0 Å². The maximum absolute atomic E-state index is 13.6. The predicted molar refractivity (Wildman–Crippen MR) is 140 cm³/mol. The van der Waals surface area contributed by atoms with Gasteiger partial charge in [-0.15, -0.1) is 0 Å². The summed E-state index contributed by atoms with van der Waals surface area (Å²) in [5, 5.41) is 2.74. The number of aromatic nitrogens is 2. The Morgan fingerprint density at radius 3 is 2.89 bits per heavy atom. The summed E-state index contributed by atoms with van der Waals surface area (Å²) >= 11 is 6.48. The molecule has 0 radical (unpaired) electrons. The Labute approximate surface area is 220 Å². The number of carbonyl (C=O) groups excluding carboxylic acids is 3. The van der Waals surface area contributed by atoms with Gasteiger partial charge in [0.05, 0.1) is 36.8 Å². The molecule has 1 N–H and O–H groups in total. The molecule has 0 bridgehead atoms. The van der Waals surface area contributed by atoms with Gasteiger partial charge in [-0.2, -0.15) is 0 Å². The number of thiocarbonyl (C=S) groups is 1. The van der Waals surface area contributed by atoms with Gasteiger partial charge in [-0.25, -0.2) is 4.98 Å². The number of pyridine rings is 1. The molecule has 5 heterocycles.